The van der Waals surface area contributed by atoms with Crippen molar-refractivity contribution >= 4 is 23.2 Å². The number of nitrogens with zero attached hydrogens (tertiary/aromatic N) is 1. The van der Waals surface area contributed by atoms with Crippen LogP contribution in [-0.2, 0) is 9.57 Å². The topological polar surface area (TPSA) is 21.7 Å². The van der Waals surface area contributed by atoms with Crippen LogP contribution in [0.2, 0.25) is 0 Å². The second-order valence-corrected chi connectivity index (χ2v) is 6.84. The summed E-state index contributed by atoms with van der Waals surface area (Å²) in [7, 11) is 0. The summed E-state index contributed by atoms with van der Waals surface area (Å²) in [6.45, 7) is 10.7. The average molecular weight is 336 g/mol. The predicted octanol–water partition coefficient (Wildman–Crippen LogP) is 4.50. The van der Waals surface area contributed by atoms with Crippen LogP contribution in [0.25, 0.3) is 0 Å². The van der Waals surface area contributed by atoms with Gasteiger partial charge < -0.3 is 4.74 Å². The van der Waals surface area contributed by atoms with Gasteiger partial charge in [0.1, 0.15) is 0 Å². The van der Waals surface area contributed by atoms with Crippen molar-refractivity contribution in [2.75, 3.05) is 19.7 Å². The van der Waals surface area contributed by atoms with Crippen LogP contribution in [-0.4, -0.2) is 41.8 Å². The lowest BCUT2D eigenvalue weighted by atomic mass is 10.1. The molecule has 21 heavy (non-hydrogen) atoms. The zero-order valence-corrected chi connectivity index (χ0v) is 15.0. The minimum absolute atomic E-state index is 0.182. The predicted molar refractivity (Wildman–Crippen MR) is 89.8 cm³/mol. The van der Waals surface area contributed by atoms with Gasteiger partial charge >= 0.3 is 0 Å². The Morgan fingerprint density at radius 2 is 1.86 bits per heavy atom. The minimum Gasteiger partial charge on any atom is -0.364 e. The fourth-order valence-electron chi connectivity index (χ4n) is 2.09. The lowest BCUT2D eigenvalue weighted by molar-refractivity contribution is -0.209. The standard InChI is InChI=1S/C16H27Cl2NO2/c1-5-9-19(10-6-2)20-12-16(3,4)21-15-8-7-13(17)11-14(15)18/h7-8,11,14-15H,5-6,9-10,12H2,1-4H3. The fraction of sp³-hybridized carbons (Fsp3) is 0.750. The van der Waals surface area contributed by atoms with Crippen LogP contribution in [0.15, 0.2) is 23.3 Å². The Bertz CT molecular complexity index is 363. The van der Waals surface area contributed by atoms with Gasteiger partial charge in [0.2, 0.25) is 0 Å². The number of hydrogen-bond donors (Lipinski definition) is 0. The van der Waals surface area contributed by atoms with E-state index in [2.05, 4.69) is 13.8 Å². The average Bonchev–Trinajstić information content (AvgIpc) is 2.40. The molecule has 0 aliphatic heterocycles. The first kappa shape index (κ1) is 19.0. The molecule has 0 radical (unpaired) electrons. The Morgan fingerprint density at radius 3 is 2.38 bits per heavy atom. The van der Waals surface area contributed by atoms with Gasteiger partial charge in [-0.25, -0.2) is 0 Å². The SMILES string of the molecule is CCCN(CCC)OCC(C)(C)OC1C=CC(Cl)=CC1Cl. The summed E-state index contributed by atoms with van der Waals surface area (Å²) >= 11 is 12.2. The summed E-state index contributed by atoms with van der Waals surface area (Å²) in [6.07, 6.45) is 7.48. The highest BCUT2D eigenvalue weighted by atomic mass is 35.5. The summed E-state index contributed by atoms with van der Waals surface area (Å²) in [5.41, 5.74) is -0.417. The molecule has 0 aromatic heterocycles. The molecule has 122 valence electrons. The summed E-state index contributed by atoms with van der Waals surface area (Å²) in [5.74, 6) is 0. The highest BCUT2D eigenvalue weighted by Gasteiger charge is 2.28. The van der Waals surface area contributed by atoms with Crippen molar-refractivity contribution in [2.24, 2.45) is 0 Å². The zero-order valence-electron chi connectivity index (χ0n) is 13.4. The van der Waals surface area contributed by atoms with Gasteiger partial charge in [0.15, 0.2) is 0 Å². The Balaban J connectivity index is 2.47. The first-order valence-corrected chi connectivity index (χ1v) is 8.44. The van der Waals surface area contributed by atoms with E-state index in [1.54, 1.807) is 6.08 Å². The number of allylic oxidation sites excluding steroid dienone is 2. The van der Waals surface area contributed by atoms with Crippen molar-refractivity contribution in [2.45, 2.75) is 57.6 Å². The van der Waals surface area contributed by atoms with E-state index >= 15 is 0 Å². The van der Waals surface area contributed by atoms with Gasteiger partial charge in [-0.3, -0.25) is 4.84 Å². The van der Waals surface area contributed by atoms with Gasteiger partial charge in [-0.2, -0.15) is 5.06 Å². The first-order chi connectivity index (χ1) is 9.88. The van der Waals surface area contributed by atoms with Crippen LogP contribution in [0.1, 0.15) is 40.5 Å². The van der Waals surface area contributed by atoms with E-state index in [4.69, 9.17) is 32.8 Å². The highest BCUT2D eigenvalue weighted by Crippen LogP contribution is 2.25. The van der Waals surface area contributed by atoms with E-state index in [0.29, 0.717) is 11.6 Å². The first-order valence-electron chi connectivity index (χ1n) is 7.63. The molecule has 2 unspecified atom stereocenters. The third-order valence-electron chi connectivity index (χ3n) is 3.07. The third-order valence-corrected chi connectivity index (χ3v) is 3.70. The normalized spacial score (nSPS) is 22.7. The molecule has 0 saturated carbocycles. The van der Waals surface area contributed by atoms with Gasteiger partial charge in [0.25, 0.3) is 0 Å². The van der Waals surface area contributed by atoms with Gasteiger partial charge in [0, 0.05) is 18.1 Å². The summed E-state index contributed by atoms with van der Waals surface area (Å²) in [6, 6.07) is 0. The molecule has 0 amide bonds. The van der Waals surface area contributed by atoms with Crippen LogP contribution in [0, 0.1) is 0 Å². The van der Waals surface area contributed by atoms with Gasteiger partial charge in [-0.05, 0) is 38.8 Å². The lowest BCUT2D eigenvalue weighted by Crippen LogP contribution is -2.41. The maximum atomic E-state index is 6.26. The number of ether oxygens (including phenoxy) is 1. The highest BCUT2D eigenvalue weighted by molar-refractivity contribution is 6.32. The quantitative estimate of drug-likeness (QED) is 0.457. The third kappa shape index (κ3) is 7.16. The van der Waals surface area contributed by atoms with Gasteiger partial charge in [-0.15, -0.1) is 11.6 Å². The Kier molecular flexibility index (Phi) is 8.28. The molecule has 1 rings (SSSR count). The molecule has 0 fully saturated rings. The molecule has 0 saturated heterocycles. The second-order valence-electron chi connectivity index (χ2n) is 5.90. The van der Waals surface area contributed by atoms with E-state index < -0.39 is 5.60 Å². The molecular formula is C16H27Cl2NO2. The molecule has 1 aliphatic rings. The van der Waals surface area contributed by atoms with Crippen molar-refractivity contribution in [1.29, 1.82) is 0 Å². The van der Waals surface area contributed by atoms with E-state index in [0.717, 1.165) is 25.9 Å². The maximum absolute atomic E-state index is 6.26. The second kappa shape index (κ2) is 9.16. The summed E-state index contributed by atoms with van der Waals surface area (Å²) in [4.78, 5) is 5.89. The van der Waals surface area contributed by atoms with E-state index in [-0.39, 0.29) is 11.5 Å². The molecule has 0 N–H and O–H groups in total. The summed E-state index contributed by atoms with van der Waals surface area (Å²) < 4.78 is 6.07. The Morgan fingerprint density at radius 1 is 1.24 bits per heavy atom. The van der Waals surface area contributed by atoms with Crippen molar-refractivity contribution in [1.82, 2.24) is 5.06 Å². The number of alkyl halides is 1. The molecule has 1 aliphatic carbocycles. The van der Waals surface area contributed by atoms with E-state index in [1.165, 1.54) is 0 Å². The Hall–Kier alpha value is -0.0600. The summed E-state index contributed by atoms with van der Waals surface area (Å²) in [5, 5.41) is 2.42. The van der Waals surface area contributed by atoms with E-state index in [1.807, 2.05) is 31.1 Å². The van der Waals surface area contributed by atoms with Crippen LogP contribution >= 0.6 is 23.2 Å². The monoisotopic (exact) mass is 335 g/mol. The molecular weight excluding hydrogens is 309 g/mol. The molecule has 3 nitrogen and oxygen atoms in total. The molecule has 0 aromatic rings. The van der Waals surface area contributed by atoms with E-state index in [9.17, 15) is 0 Å². The van der Waals surface area contributed by atoms with Crippen LogP contribution in [0.3, 0.4) is 0 Å². The number of halogens is 2. The number of hydrogen-bond acceptors (Lipinski definition) is 3. The molecule has 0 heterocycles. The Labute approximate surface area is 138 Å². The smallest absolute Gasteiger partial charge is 0.0970 e. The number of rotatable bonds is 9. The molecule has 0 spiro atoms. The van der Waals surface area contributed by atoms with Crippen molar-refractivity contribution in [3.8, 4) is 0 Å². The van der Waals surface area contributed by atoms with Crippen molar-refractivity contribution < 1.29 is 9.57 Å². The molecule has 0 aromatic carbocycles. The van der Waals surface area contributed by atoms with Crippen molar-refractivity contribution in [3.63, 3.8) is 0 Å². The molecule has 5 heteroatoms. The fourth-order valence-corrected chi connectivity index (χ4v) is 2.63. The molecule has 2 atom stereocenters. The van der Waals surface area contributed by atoms with Crippen molar-refractivity contribution in [3.05, 3.63) is 23.3 Å². The minimum atomic E-state index is -0.417. The lowest BCUT2D eigenvalue weighted by Gasteiger charge is -2.33. The zero-order chi connectivity index (χ0) is 15.9. The molecule has 0 bridgehead atoms. The van der Waals surface area contributed by atoms with Gasteiger partial charge in [0.05, 0.1) is 23.7 Å². The van der Waals surface area contributed by atoms with Gasteiger partial charge in [-0.1, -0.05) is 31.5 Å². The van der Waals surface area contributed by atoms with Crippen LogP contribution in [0.4, 0.5) is 0 Å². The van der Waals surface area contributed by atoms with Crippen LogP contribution in [0.5, 0.6) is 0 Å². The largest absolute Gasteiger partial charge is 0.364 e. The van der Waals surface area contributed by atoms with Crippen LogP contribution < -0.4 is 0 Å². The number of hydroxylamine groups is 2. The maximum Gasteiger partial charge on any atom is 0.0970 e.